The second kappa shape index (κ2) is 7.34. The second-order valence-electron chi connectivity index (χ2n) is 4.83. The molecule has 2 aromatic rings. The van der Waals surface area contributed by atoms with Crippen molar-refractivity contribution in [1.82, 2.24) is 5.32 Å². The van der Waals surface area contributed by atoms with Gasteiger partial charge in [0.1, 0.15) is 0 Å². The van der Waals surface area contributed by atoms with E-state index in [4.69, 9.17) is 21.1 Å². The van der Waals surface area contributed by atoms with Gasteiger partial charge in [0.2, 0.25) is 0 Å². The van der Waals surface area contributed by atoms with Gasteiger partial charge in [0.15, 0.2) is 11.5 Å². The molecule has 21 heavy (non-hydrogen) atoms. The van der Waals surface area contributed by atoms with Crippen molar-refractivity contribution in [2.45, 2.75) is 19.5 Å². The maximum absolute atomic E-state index is 6.21. The molecular weight excluding hydrogens is 286 g/mol. The Balaban J connectivity index is 2.08. The molecule has 0 spiro atoms. The Hall–Kier alpha value is -1.71. The summed E-state index contributed by atoms with van der Waals surface area (Å²) >= 11 is 6.21. The molecule has 2 aromatic carbocycles. The van der Waals surface area contributed by atoms with Crippen LogP contribution in [0.5, 0.6) is 11.5 Å². The summed E-state index contributed by atoms with van der Waals surface area (Å²) in [6.45, 7) is 2.84. The molecule has 0 saturated carbocycles. The zero-order chi connectivity index (χ0) is 15.2. The van der Waals surface area contributed by atoms with Crippen LogP contribution in [0.3, 0.4) is 0 Å². The van der Waals surface area contributed by atoms with Crippen LogP contribution in [0, 0.1) is 0 Å². The van der Waals surface area contributed by atoms with Gasteiger partial charge in [-0.1, -0.05) is 41.9 Å². The first-order valence-corrected chi connectivity index (χ1v) is 7.22. The van der Waals surface area contributed by atoms with Crippen molar-refractivity contribution in [2.75, 3.05) is 14.2 Å². The van der Waals surface area contributed by atoms with Crippen molar-refractivity contribution >= 4 is 11.6 Å². The normalized spacial score (nSPS) is 12.0. The number of ether oxygens (including phenoxy) is 2. The predicted molar refractivity (Wildman–Crippen MR) is 86.3 cm³/mol. The number of nitrogens with one attached hydrogen (secondary N) is 1. The molecule has 0 aromatic heterocycles. The summed E-state index contributed by atoms with van der Waals surface area (Å²) in [5, 5.41) is 4.03. The van der Waals surface area contributed by atoms with E-state index in [1.807, 2.05) is 30.3 Å². The molecule has 0 aliphatic carbocycles. The largest absolute Gasteiger partial charge is 0.493 e. The van der Waals surface area contributed by atoms with Crippen molar-refractivity contribution in [1.29, 1.82) is 0 Å². The van der Waals surface area contributed by atoms with E-state index in [9.17, 15) is 0 Å². The Kier molecular flexibility index (Phi) is 5.48. The van der Waals surface area contributed by atoms with Gasteiger partial charge in [0.05, 0.1) is 19.2 Å². The summed E-state index contributed by atoms with van der Waals surface area (Å²) in [5.74, 6) is 1.22. The summed E-state index contributed by atoms with van der Waals surface area (Å²) in [6.07, 6.45) is 0. The Labute approximate surface area is 130 Å². The van der Waals surface area contributed by atoms with Gasteiger partial charge in [-0.15, -0.1) is 0 Å². The molecule has 0 aliphatic heterocycles. The van der Waals surface area contributed by atoms with Crippen LogP contribution in [0.1, 0.15) is 24.1 Å². The lowest BCUT2D eigenvalue weighted by molar-refractivity contribution is 0.354. The lowest BCUT2D eigenvalue weighted by atomic mass is 10.1. The highest BCUT2D eigenvalue weighted by Gasteiger charge is 2.11. The molecule has 3 nitrogen and oxygen atoms in total. The van der Waals surface area contributed by atoms with Crippen LogP contribution in [0.2, 0.25) is 5.02 Å². The fourth-order valence-corrected chi connectivity index (χ4v) is 2.51. The molecule has 112 valence electrons. The Morgan fingerprint density at radius 1 is 1.10 bits per heavy atom. The highest BCUT2D eigenvalue weighted by Crippen LogP contribution is 2.36. The molecule has 0 amide bonds. The first-order chi connectivity index (χ1) is 10.2. The minimum Gasteiger partial charge on any atom is -0.493 e. The van der Waals surface area contributed by atoms with Crippen molar-refractivity contribution in [2.24, 2.45) is 0 Å². The van der Waals surface area contributed by atoms with E-state index in [0.717, 1.165) is 5.56 Å². The Bertz CT molecular complexity index is 587. The summed E-state index contributed by atoms with van der Waals surface area (Å²) in [4.78, 5) is 0. The lowest BCUT2D eigenvalue weighted by Gasteiger charge is -2.16. The Morgan fingerprint density at radius 2 is 1.81 bits per heavy atom. The molecule has 1 N–H and O–H groups in total. The van der Waals surface area contributed by atoms with E-state index < -0.39 is 0 Å². The fraction of sp³-hybridized carbons (Fsp3) is 0.294. The first kappa shape index (κ1) is 15.7. The summed E-state index contributed by atoms with van der Waals surface area (Å²) in [6, 6.07) is 14.4. The van der Waals surface area contributed by atoms with E-state index in [2.05, 4.69) is 24.4 Å². The van der Waals surface area contributed by atoms with Crippen molar-refractivity contribution in [3.05, 3.63) is 58.6 Å². The van der Waals surface area contributed by atoms with Crippen molar-refractivity contribution in [3.8, 4) is 11.5 Å². The van der Waals surface area contributed by atoms with Gasteiger partial charge in [0, 0.05) is 12.6 Å². The highest BCUT2D eigenvalue weighted by atomic mass is 35.5. The summed E-state index contributed by atoms with van der Waals surface area (Å²) in [5.41, 5.74) is 2.31. The van der Waals surface area contributed by atoms with Gasteiger partial charge in [0.25, 0.3) is 0 Å². The molecule has 0 aliphatic rings. The lowest BCUT2D eigenvalue weighted by Crippen LogP contribution is -2.18. The van der Waals surface area contributed by atoms with E-state index >= 15 is 0 Å². The number of hydrogen-bond acceptors (Lipinski definition) is 3. The monoisotopic (exact) mass is 305 g/mol. The quantitative estimate of drug-likeness (QED) is 0.867. The minimum atomic E-state index is 0.262. The fourth-order valence-electron chi connectivity index (χ4n) is 2.20. The number of hydrogen-bond donors (Lipinski definition) is 1. The van der Waals surface area contributed by atoms with Gasteiger partial charge in [-0.25, -0.2) is 0 Å². The summed E-state index contributed by atoms with van der Waals surface area (Å²) < 4.78 is 10.6. The molecule has 1 atom stereocenters. The average Bonchev–Trinajstić information content (AvgIpc) is 2.52. The maximum atomic E-state index is 6.21. The van der Waals surface area contributed by atoms with Crippen LogP contribution in [-0.2, 0) is 6.54 Å². The van der Waals surface area contributed by atoms with Gasteiger partial charge in [-0.05, 0) is 30.2 Å². The highest BCUT2D eigenvalue weighted by molar-refractivity contribution is 6.32. The first-order valence-electron chi connectivity index (χ1n) is 6.84. The second-order valence-corrected chi connectivity index (χ2v) is 5.23. The zero-order valence-electron chi connectivity index (χ0n) is 12.5. The van der Waals surface area contributed by atoms with Crippen molar-refractivity contribution in [3.63, 3.8) is 0 Å². The van der Waals surface area contributed by atoms with Gasteiger partial charge in [-0.3, -0.25) is 0 Å². The third-order valence-electron chi connectivity index (χ3n) is 3.41. The molecule has 2 rings (SSSR count). The third kappa shape index (κ3) is 3.90. The van der Waals surface area contributed by atoms with Crippen LogP contribution in [-0.4, -0.2) is 14.2 Å². The molecule has 0 heterocycles. The minimum absolute atomic E-state index is 0.262. The molecule has 0 fully saturated rings. The molecule has 1 unspecified atom stereocenters. The van der Waals surface area contributed by atoms with Gasteiger partial charge in [-0.2, -0.15) is 0 Å². The number of benzene rings is 2. The van der Waals surface area contributed by atoms with Crippen LogP contribution >= 0.6 is 11.6 Å². The zero-order valence-corrected chi connectivity index (χ0v) is 13.3. The molecule has 0 radical (unpaired) electrons. The number of rotatable bonds is 6. The smallest absolute Gasteiger partial charge is 0.179 e. The van der Waals surface area contributed by atoms with E-state index in [-0.39, 0.29) is 6.04 Å². The van der Waals surface area contributed by atoms with Gasteiger partial charge < -0.3 is 14.8 Å². The van der Waals surface area contributed by atoms with Crippen LogP contribution in [0.25, 0.3) is 0 Å². The molecule has 4 heteroatoms. The maximum Gasteiger partial charge on any atom is 0.179 e. The average molecular weight is 306 g/mol. The van der Waals surface area contributed by atoms with E-state index in [1.54, 1.807) is 14.2 Å². The molecular formula is C17H20ClNO2. The number of halogens is 1. The molecule has 0 bridgehead atoms. The Morgan fingerprint density at radius 3 is 2.43 bits per heavy atom. The van der Waals surface area contributed by atoms with E-state index in [0.29, 0.717) is 23.1 Å². The summed E-state index contributed by atoms with van der Waals surface area (Å²) in [7, 11) is 3.19. The van der Waals surface area contributed by atoms with Crippen molar-refractivity contribution < 1.29 is 9.47 Å². The standard InChI is InChI=1S/C17H20ClNO2/c1-12(14-7-5-4-6-8-14)19-11-13-9-15(18)17(21-3)16(10-13)20-2/h4-10,12,19H,11H2,1-3H3. The van der Waals surface area contributed by atoms with Gasteiger partial charge >= 0.3 is 0 Å². The number of methoxy groups -OCH3 is 2. The van der Waals surface area contributed by atoms with Crippen LogP contribution in [0.4, 0.5) is 0 Å². The predicted octanol–water partition coefficient (Wildman–Crippen LogP) is 4.21. The topological polar surface area (TPSA) is 30.5 Å². The van der Waals surface area contributed by atoms with E-state index in [1.165, 1.54) is 5.56 Å². The van der Waals surface area contributed by atoms with Crippen LogP contribution < -0.4 is 14.8 Å². The third-order valence-corrected chi connectivity index (χ3v) is 3.69. The SMILES string of the molecule is COc1cc(CNC(C)c2ccccc2)cc(Cl)c1OC. The van der Waals surface area contributed by atoms with Crippen LogP contribution in [0.15, 0.2) is 42.5 Å². The molecule has 0 saturated heterocycles.